The van der Waals surface area contributed by atoms with Crippen LogP contribution in [0.2, 0.25) is 0 Å². The van der Waals surface area contributed by atoms with Crippen molar-refractivity contribution in [3.05, 3.63) is 35.4 Å². The van der Waals surface area contributed by atoms with Gasteiger partial charge in [-0.3, -0.25) is 0 Å². The molecular formula is C15H18F2O2. The number of rotatable bonds is 3. The van der Waals surface area contributed by atoms with E-state index in [-0.39, 0.29) is 11.7 Å². The summed E-state index contributed by atoms with van der Waals surface area (Å²) in [7, 11) is 0. The van der Waals surface area contributed by atoms with Crippen LogP contribution in [0.5, 0.6) is 0 Å². The average molecular weight is 268 g/mol. The first-order chi connectivity index (χ1) is 9.13. The van der Waals surface area contributed by atoms with Crippen LogP contribution in [0, 0.1) is 17.6 Å². The second kappa shape index (κ2) is 6.13. The van der Waals surface area contributed by atoms with Crippen LogP contribution in [0.3, 0.4) is 0 Å². The van der Waals surface area contributed by atoms with Crippen LogP contribution in [0.4, 0.5) is 8.78 Å². The van der Waals surface area contributed by atoms with E-state index in [1.807, 2.05) is 0 Å². The molecule has 19 heavy (non-hydrogen) atoms. The van der Waals surface area contributed by atoms with E-state index in [1.165, 1.54) is 12.1 Å². The van der Waals surface area contributed by atoms with Crippen molar-refractivity contribution < 1.29 is 18.3 Å². The molecule has 0 bridgehead atoms. The molecule has 0 radical (unpaired) electrons. The Kier molecular flexibility index (Phi) is 4.51. The van der Waals surface area contributed by atoms with Crippen molar-refractivity contribution in [3.8, 4) is 0 Å². The lowest BCUT2D eigenvalue weighted by Crippen LogP contribution is -2.30. The lowest BCUT2D eigenvalue weighted by atomic mass is 9.85. The third-order valence-electron chi connectivity index (χ3n) is 3.79. The molecule has 2 rings (SSSR count). The molecule has 0 amide bonds. The molecule has 0 aliphatic heterocycles. The van der Waals surface area contributed by atoms with Gasteiger partial charge < -0.3 is 4.74 Å². The molecule has 1 aliphatic carbocycles. The highest BCUT2D eigenvalue weighted by molar-refractivity contribution is 5.89. The smallest absolute Gasteiger partial charge is 0.341 e. The van der Waals surface area contributed by atoms with Gasteiger partial charge in [0.2, 0.25) is 0 Å². The van der Waals surface area contributed by atoms with Gasteiger partial charge in [0.15, 0.2) is 11.6 Å². The predicted octanol–water partition coefficient (Wildman–Crippen LogP) is 4.09. The Bertz CT molecular complexity index is 459. The largest absolute Gasteiger partial charge is 0.458 e. The van der Waals surface area contributed by atoms with Crippen molar-refractivity contribution in [2.24, 2.45) is 5.92 Å². The predicted molar refractivity (Wildman–Crippen MR) is 67.8 cm³/mol. The maximum atomic E-state index is 13.5. The molecule has 4 heteroatoms. The van der Waals surface area contributed by atoms with Crippen LogP contribution in [0.25, 0.3) is 0 Å². The van der Waals surface area contributed by atoms with E-state index in [1.54, 1.807) is 0 Å². The van der Waals surface area contributed by atoms with Gasteiger partial charge in [-0.1, -0.05) is 19.4 Å². The number of esters is 1. The molecule has 1 aliphatic rings. The molecule has 0 aromatic heterocycles. The van der Waals surface area contributed by atoms with Gasteiger partial charge in [-0.25, -0.2) is 13.6 Å². The van der Waals surface area contributed by atoms with Gasteiger partial charge in [0.05, 0.1) is 5.56 Å². The van der Waals surface area contributed by atoms with Gasteiger partial charge in [-0.15, -0.1) is 0 Å². The molecule has 0 saturated heterocycles. The molecule has 1 saturated carbocycles. The quantitative estimate of drug-likeness (QED) is 0.772. The maximum Gasteiger partial charge on any atom is 0.341 e. The van der Waals surface area contributed by atoms with Crippen molar-refractivity contribution >= 4 is 5.97 Å². The van der Waals surface area contributed by atoms with Crippen LogP contribution in [-0.4, -0.2) is 12.1 Å². The molecule has 2 unspecified atom stereocenters. The first kappa shape index (κ1) is 14.0. The van der Waals surface area contributed by atoms with Gasteiger partial charge in [0.25, 0.3) is 0 Å². The second-order valence-electron chi connectivity index (χ2n) is 5.00. The lowest BCUT2D eigenvalue weighted by molar-refractivity contribution is 0.000187. The van der Waals surface area contributed by atoms with Crippen molar-refractivity contribution in [2.75, 3.05) is 0 Å². The Morgan fingerprint density at radius 1 is 1.32 bits per heavy atom. The summed E-state index contributed by atoms with van der Waals surface area (Å²) in [6, 6.07) is 3.55. The number of benzene rings is 1. The van der Waals surface area contributed by atoms with E-state index in [4.69, 9.17) is 4.74 Å². The Labute approximate surface area is 111 Å². The molecule has 0 N–H and O–H groups in total. The molecule has 2 nitrogen and oxygen atoms in total. The number of carbonyl (C=O) groups is 1. The first-order valence-electron chi connectivity index (χ1n) is 6.78. The first-order valence-corrected chi connectivity index (χ1v) is 6.78. The van der Waals surface area contributed by atoms with Crippen molar-refractivity contribution in [1.82, 2.24) is 0 Å². The van der Waals surface area contributed by atoms with Gasteiger partial charge in [0.1, 0.15) is 6.10 Å². The van der Waals surface area contributed by atoms with Crippen LogP contribution in [-0.2, 0) is 4.74 Å². The lowest BCUT2D eigenvalue weighted by Gasteiger charge is -2.30. The maximum absolute atomic E-state index is 13.5. The molecule has 2 atom stereocenters. The normalized spacial score (nSPS) is 23.1. The summed E-state index contributed by atoms with van der Waals surface area (Å²) in [5.41, 5.74) is -0.319. The van der Waals surface area contributed by atoms with E-state index in [9.17, 15) is 13.6 Å². The van der Waals surface area contributed by atoms with E-state index in [0.717, 1.165) is 38.2 Å². The van der Waals surface area contributed by atoms with Gasteiger partial charge in [-0.05, 0) is 43.7 Å². The van der Waals surface area contributed by atoms with Crippen LogP contribution >= 0.6 is 0 Å². The zero-order valence-corrected chi connectivity index (χ0v) is 11.0. The fourth-order valence-corrected chi connectivity index (χ4v) is 2.66. The van der Waals surface area contributed by atoms with E-state index >= 15 is 0 Å². The van der Waals surface area contributed by atoms with E-state index < -0.39 is 17.6 Å². The number of ether oxygens (including phenoxy) is 1. The summed E-state index contributed by atoms with van der Waals surface area (Å²) in [6.07, 6.45) is 4.75. The van der Waals surface area contributed by atoms with E-state index in [0.29, 0.717) is 5.92 Å². The van der Waals surface area contributed by atoms with Gasteiger partial charge in [0, 0.05) is 0 Å². The molecule has 1 aromatic carbocycles. The molecular weight excluding hydrogens is 250 g/mol. The summed E-state index contributed by atoms with van der Waals surface area (Å²) in [6.45, 7) is 2.06. The fourth-order valence-electron chi connectivity index (χ4n) is 2.66. The molecule has 1 fully saturated rings. The minimum atomic E-state index is -1.13. The second-order valence-corrected chi connectivity index (χ2v) is 5.00. The summed E-state index contributed by atoms with van der Waals surface area (Å²) in [5.74, 6) is -2.59. The Morgan fingerprint density at radius 3 is 2.79 bits per heavy atom. The Hall–Kier alpha value is -1.45. The van der Waals surface area contributed by atoms with Crippen LogP contribution in [0.1, 0.15) is 49.4 Å². The summed E-state index contributed by atoms with van der Waals surface area (Å²) in [5, 5.41) is 0. The fraction of sp³-hybridized carbons (Fsp3) is 0.533. The highest BCUT2D eigenvalue weighted by atomic mass is 19.2. The summed E-state index contributed by atoms with van der Waals surface area (Å²) in [4.78, 5) is 11.9. The average Bonchev–Trinajstić information content (AvgIpc) is 2.42. The van der Waals surface area contributed by atoms with Crippen molar-refractivity contribution in [3.63, 3.8) is 0 Å². The van der Waals surface area contributed by atoms with Crippen molar-refractivity contribution in [2.45, 2.75) is 45.1 Å². The molecule has 0 heterocycles. The number of hydrogen-bond acceptors (Lipinski definition) is 2. The van der Waals surface area contributed by atoms with Gasteiger partial charge >= 0.3 is 5.97 Å². The third-order valence-corrected chi connectivity index (χ3v) is 3.79. The highest BCUT2D eigenvalue weighted by Gasteiger charge is 2.28. The highest BCUT2D eigenvalue weighted by Crippen LogP contribution is 2.30. The van der Waals surface area contributed by atoms with Gasteiger partial charge in [-0.2, -0.15) is 0 Å². The third kappa shape index (κ3) is 3.11. The standard InChI is InChI=1S/C15H18F2O2/c1-2-10-6-3-4-9-13(10)19-15(18)11-7-5-8-12(16)14(11)17/h5,7-8,10,13H,2-4,6,9H2,1H3. The monoisotopic (exact) mass is 268 g/mol. The summed E-state index contributed by atoms with van der Waals surface area (Å²) >= 11 is 0. The summed E-state index contributed by atoms with van der Waals surface area (Å²) < 4.78 is 32.0. The number of halogens is 2. The minimum absolute atomic E-state index is 0.172. The molecule has 1 aromatic rings. The zero-order valence-electron chi connectivity index (χ0n) is 11.0. The number of carbonyl (C=O) groups excluding carboxylic acids is 1. The van der Waals surface area contributed by atoms with Crippen LogP contribution < -0.4 is 0 Å². The Morgan fingerprint density at radius 2 is 2.05 bits per heavy atom. The van der Waals surface area contributed by atoms with Crippen LogP contribution in [0.15, 0.2) is 18.2 Å². The Balaban J connectivity index is 2.09. The SMILES string of the molecule is CCC1CCCCC1OC(=O)c1cccc(F)c1F. The molecule has 0 spiro atoms. The topological polar surface area (TPSA) is 26.3 Å². The minimum Gasteiger partial charge on any atom is -0.458 e. The zero-order chi connectivity index (χ0) is 13.8. The number of hydrogen-bond donors (Lipinski definition) is 0. The van der Waals surface area contributed by atoms with Crippen molar-refractivity contribution in [1.29, 1.82) is 0 Å². The molecule has 104 valence electrons. The van der Waals surface area contributed by atoms with E-state index in [2.05, 4.69) is 6.92 Å².